The minimum Gasteiger partial charge on any atom is -0.494 e. The molecule has 2 aromatic carbocycles. The van der Waals surface area contributed by atoms with Gasteiger partial charge >= 0.3 is 0 Å². The van der Waals surface area contributed by atoms with Gasteiger partial charge in [0.25, 0.3) is 5.91 Å². The SMILES string of the molecule is CCOc1ccc2nc(NC(=O)c3ccc(CS(C)(=O)=O)cc3)sc2c1. The first-order chi connectivity index (χ1) is 12.3. The number of benzene rings is 2. The maximum Gasteiger partial charge on any atom is 0.257 e. The molecule has 3 rings (SSSR count). The third kappa shape index (κ3) is 4.59. The van der Waals surface area contributed by atoms with Crippen LogP contribution in [0.1, 0.15) is 22.8 Å². The van der Waals surface area contributed by atoms with E-state index in [2.05, 4.69) is 10.3 Å². The fourth-order valence-electron chi connectivity index (χ4n) is 2.44. The Hall–Kier alpha value is -2.45. The van der Waals surface area contributed by atoms with Crippen molar-refractivity contribution >= 4 is 42.4 Å². The molecular formula is C18H18N2O4S2. The molecule has 3 aromatic rings. The molecule has 6 nitrogen and oxygen atoms in total. The minimum absolute atomic E-state index is 0.0467. The quantitative estimate of drug-likeness (QED) is 0.696. The summed E-state index contributed by atoms with van der Waals surface area (Å²) in [5.74, 6) is 0.428. The molecule has 1 heterocycles. The zero-order valence-corrected chi connectivity index (χ0v) is 16.0. The van der Waals surface area contributed by atoms with E-state index < -0.39 is 9.84 Å². The summed E-state index contributed by atoms with van der Waals surface area (Å²) in [6.07, 6.45) is 1.18. The second kappa shape index (κ2) is 7.43. The summed E-state index contributed by atoms with van der Waals surface area (Å²) in [7, 11) is -3.10. The van der Waals surface area contributed by atoms with E-state index in [1.54, 1.807) is 24.3 Å². The van der Waals surface area contributed by atoms with Crippen molar-refractivity contribution in [2.45, 2.75) is 12.7 Å². The normalized spacial score (nSPS) is 11.5. The first kappa shape index (κ1) is 18.3. The Labute approximate surface area is 155 Å². The molecule has 0 aliphatic heterocycles. The number of thiazole rings is 1. The Kier molecular flexibility index (Phi) is 5.24. The fourth-order valence-corrected chi connectivity index (χ4v) is 4.13. The van der Waals surface area contributed by atoms with Gasteiger partial charge < -0.3 is 4.74 Å². The van der Waals surface area contributed by atoms with Crippen molar-refractivity contribution in [2.24, 2.45) is 0 Å². The number of nitrogens with one attached hydrogen (secondary N) is 1. The lowest BCUT2D eigenvalue weighted by Gasteiger charge is -2.03. The number of hydrogen-bond acceptors (Lipinski definition) is 6. The molecule has 0 aliphatic carbocycles. The van der Waals surface area contributed by atoms with Gasteiger partial charge in [0, 0.05) is 11.8 Å². The van der Waals surface area contributed by atoms with Crippen molar-refractivity contribution in [2.75, 3.05) is 18.2 Å². The second-order valence-electron chi connectivity index (χ2n) is 5.80. The van der Waals surface area contributed by atoms with Crippen LogP contribution < -0.4 is 10.1 Å². The first-order valence-electron chi connectivity index (χ1n) is 7.95. The molecule has 0 saturated heterocycles. The molecule has 0 atom stereocenters. The zero-order valence-electron chi connectivity index (χ0n) is 14.4. The van der Waals surface area contributed by atoms with Crippen LogP contribution in [0.15, 0.2) is 42.5 Å². The highest BCUT2D eigenvalue weighted by Crippen LogP contribution is 2.29. The van der Waals surface area contributed by atoms with Gasteiger partial charge in [-0.15, -0.1) is 0 Å². The molecule has 8 heteroatoms. The van der Waals surface area contributed by atoms with E-state index in [9.17, 15) is 13.2 Å². The van der Waals surface area contributed by atoms with Crippen LogP contribution in [0.5, 0.6) is 5.75 Å². The number of anilines is 1. The van der Waals surface area contributed by atoms with Gasteiger partial charge in [-0.25, -0.2) is 13.4 Å². The van der Waals surface area contributed by atoms with Gasteiger partial charge in [0.1, 0.15) is 5.75 Å². The average Bonchev–Trinajstić information content (AvgIpc) is 2.95. The van der Waals surface area contributed by atoms with Crippen molar-refractivity contribution in [1.29, 1.82) is 0 Å². The number of hydrogen-bond donors (Lipinski definition) is 1. The van der Waals surface area contributed by atoms with Crippen molar-refractivity contribution in [3.05, 3.63) is 53.6 Å². The molecule has 0 unspecified atom stereocenters. The second-order valence-corrected chi connectivity index (χ2v) is 8.97. The van der Waals surface area contributed by atoms with Crippen LogP contribution in [0.25, 0.3) is 10.2 Å². The van der Waals surface area contributed by atoms with E-state index >= 15 is 0 Å². The van der Waals surface area contributed by atoms with Crippen molar-refractivity contribution < 1.29 is 17.9 Å². The van der Waals surface area contributed by atoms with Gasteiger partial charge in [-0.3, -0.25) is 10.1 Å². The number of rotatable bonds is 6. The Balaban J connectivity index is 1.74. The lowest BCUT2D eigenvalue weighted by Crippen LogP contribution is -2.11. The number of aromatic nitrogens is 1. The van der Waals surface area contributed by atoms with Gasteiger partial charge in [-0.05, 0) is 42.8 Å². The summed E-state index contributed by atoms with van der Waals surface area (Å²) in [6, 6.07) is 12.1. The number of nitrogens with zero attached hydrogens (tertiary/aromatic N) is 1. The average molecular weight is 390 g/mol. The number of sulfone groups is 1. The highest BCUT2D eigenvalue weighted by Gasteiger charge is 2.11. The molecule has 136 valence electrons. The van der Waals surface area contributed by atoms with Gasteiger partial charge in [-0.1, -0.05) is 23.5 Å². The summed E-state index contributed by atoms with van der Waals surface area (Å²) in [6.45, 7) is 2.51. The van der Waals surface area contributed by atoms with Crippen LogP contribution in [0.4, 0.5) is 5.13 Å². The summed E-state index contributed by atoms with van der Waals surface area (Å²) in [5, 5.41) is 3.28. The summed E-state index contributed by atoms with van der Waals surface area (Å²) in [4.78, 5) is 16.8. The molecule has 0 saturated carbocycles. The Bertz CT molecular complexity index is 1040. The number of fused-ring (bicyclic) bond motifs is 1. The monoisotopic (exact) mass is 390 g/mol. The molecular weight excluding hydrogens is 372 g/mol. The lowest BCUT2D eigenvalue weighted by atomic mass is 10.1. The van der Waals surface area contributed by atoms with Crippen LogP contribution in [0.3, 0.4) is 0 Å². The molecule has 0 bridgehead atoms. The van der Waals surface area contributed by atoms with E-state index in [0.717, 1.165) is 16.0 Å². The minimum atomic E-state index is -3.10. The molecule has 1 amide bonds. The molecule has 1 aromatic heterocycles. The standard InChI is InChI=1S/C18H18N2O4S2/c1-3-24-14-8-9-15-16(10-14)25-18(19-15)20-17(21)13-6-4-12(5-7-13)11-26(2,22)23/h4-10H,3,11H2,1-2H3,(H,19,20,21). The Morgan fingerprint density at radius 1 is 1.19 bits per heavy atom. The number of ether oxygens (including phenoxy) is 1. The fraction of sp³-hybridized carbons (Fsp3) is 0.222. The first-order valence-corrected chi connectivity index (χ1v) is 10.8. The predicted octanol–water partition coefficient (Wildman–Crippen LogP) is 3.49. The van der Waals surface area contributed by atoms with Crippen LogP contribution in [0, 0.1) is 0 Å². The van der Waals surface area contributed by atoms with E-state index in [1.807, 2.05) is 25.1 Å². The van der Waals surface area contributed by atoms with Gasteiger partial charge in [0.15, 0.2) is 15.0 Å². The number of carbonyl (C=O) groups is 1. The summed E-state index contributed by atoms with van der Waals surface area (Å²) in [5.41, 5.74) is 1.88. The van der Waals surface area contributed by atoms with Crippen molar-refractivity contribution in [1.82, 2.24) is 4.98 Å². The predicted molar refractivity (Wildman–Crippen MR) is 104 cm³/mol. The van der Waals surface area contributed by atoms with Crippen LogP contribution in [-0.4, -0.2) is 32.2 Å². The van der Waals surface area contributed by atoms with E-state index in [-0.39, 0.29) is 11.7 Å². The van der Waals surface area contributed by atoms with E-state index in [1.165, 1.54) is 17.6 Å². The molecule has 0 fully saturated rings. The summed E-state index contributed by atoms with van der Waals surface area (Å²) < 4.78 is 29.0. The van der Waals surface area contributed by atoms with E-state index in [4.69, 9.17) is 4.74 Å². The highest BCUT2D eigenvalue weighted by molar-refractivity contribution is 7.89. The van der Waals surface area contributed by atoms with Crippen molar-refractivity contribution in [3.8, 4) is 5.75 Å². The molecule has 0 spiro atoms. The topological polar surface area (TPSA) is 85.4 Å². The maximum absolute atomic E-state index is 12.4. The van der Waals surface area contributed by atoms with Gasteiger partial charge in [0.05, 0.1) is 22.6 Å². The van der Waals surface area contributed by atoms with Crippen molar-refractivity contribution in [3.63, 3.8) is 0 Å². The molecule has 26 heavy (non-hydrogen) atoms. The number of amides is 1. The van der Waals surface area contributed by atoms with Crippen LogP contribution in [0.2, 0.25) is 0 Å². The third-order valence-electron chi connectivity index (χ3n) is 3.54. The molecule has 0 radical (unpaired) electrons. The maximum atomic E-state index is 12.4. The van der Waals surface area contributed by atoms with Gasteiger partial charge in [0.2, 0.25) is 0 Å². The smallest absolute Gasteiger partial charge is 0.257 e. The third-order valence-corrected chi connectivity index (χ3v) is 5.33. The largest absolute Gasteiger partial charge is 0.494 e. The zero-order chi connectivity index (χ0) is 18.7. The van der Waals surface area contributed by atoms with Gasteiger partial charge in [-0.2, -0.15) is 0 Å². The lowest BCUT2D eigenvalue weighted by molar-refractivity contribution is 0.102. The number of carbonyl (C=O) groups excluding carboxylic acids is 1. The highest BCUT2D eigenvalue weighted by atomic mass is 32.2. The molecule has 0 aliphatic rings. The summed E-state index contributed by atoms with van der Waals surface area (Å²) >= 11 is 1.37. The van der Waals surface area contributed by atoms with Crippen LogP contribution >= 0.6 is 11.3 Å². The van der Waals surface area contributed by atoms with E-state index in [0.29, 0.717) is 22.9 Å². The molecule has 1 N–H and O–H groups in total. The Morgan fingerprint density at radius 2 is 1.92 bits per heavy atom. The van der Waals surface area contributed by atoms with Crippen LogP contribution in [-0.2, 0) is 15.6 Å². The Morgan fingerprint density at radius 3 is 2.58 bits per heavy atom.